The summed E-state index contributed by atoms with van der Waals surface area (Å²) in [6.07, 6.45) is 4.13. The number of carbonyl (C=O) groups is 1. The Balaban J connectivity index is 1.76. The molecule has 1 amide bonds. The Hall–Kier alpha value is -2.36. The molecule has 2 aromatic rings. The molecule has 0 bridgehead atoms. The van der Waals surface area contributed by atoms with Gasteiger partial charge in [0, 0.05) is 30.7 Å². The summed E-state index contributed by atoms with van der Waals surface area (Å²) in [6.45, 7) is 8.45. The zero-order valence-electron chi connectivity index (χ0n) is 14.7. The third-order valence-corrected chi connectivity index (χ3v) is 4.98. The molecule has 1 aromatic carbocycles. The van der Waals surface area contributed by atoms with Gasteiger partial charge < -0.3 is 10.2 Å². The lowest BCUT2D eigenvalue weighted by atomic mass is 9.99. The average Bonchev–Trinajstić information content (AvgIpc) is 2.60. The number of benzene rings is 1. The number of amides is 1. The maximum Gasteiger partial charge on any atom is 0.274 e. The van der Waals surface area contributed by atoms with Crippen LogP contribution < -0.4 is 10.2 Å². The predicted octanol–water partition coefficient (Wildman–Crippen LogP) is 4.19. The fourth-order valence-corrected chi connectivity index (χ4v) is 3.08. The lowest BCUT2D eigenvalue weighted by Gasteiger charge is -2.32. The first-order chi connectivity index (χ1) is 11.5. The smallest absolute Gasteiger partial charge is 0.274 e. The van der Waals surface area contributed by atoms with Crippen molar-refractivity contribution in [1.82, 2.24) is 4.98 Å². The number of rotatable bonds is 3. The summed E-state index contributed by atoms with van der Waals surface area (Å²) in [5.74, 6) is 0.631. The van der Waals surface area contributed by atoms with E-state index in [2.05, 4.69) is 22.1 Å². The minimum absolute atomic E-state index is 0.157. The van der Waals surface area contributed by atoms with Gasteiger partial charge in [0.1, 0.15) is 5.69 Å². The maximum atomic E-state index is 12.6. The Morgan fingerprint density at radius 3 is 2.71 bits per heavy atom. The highest BCUT2D eigenvalue weighted by atomic mass is 16.1. The molecule has 0 aliphatic carbocycles. The van der Waals surface area contributed by atoms with Crippen molar-refractivity contribution >= 4 is 17.3 Å². The first kappa shape index (κ1) is 16.5. The highest BCUT2D eigenvalue weighted by Crippen LogP contribution is 2.24. The standard InChI is InChI=1S/C20H25N3O/c1-14-8-11-23(12-9-14)17-7-10-21-19(13-17)20(24)22-18-6-4-5-15(2)16(18)3/h4-7,10,13-14H,8-9,11-12H2,1-3H3,(H,22,24). The SMILES string of the molecule is Cc1cccc(NC(=O)c2cc(N3CCC(C)CC3)ccn2)c1C. The van der Waals surface area contributed by atoms with E-state index in [0.717, 1.165) is 41.5 Å². The van der Waals surface area contributed by atoms with Crippen LogP contribution in [-0.2, 0) is 0 Å². The van der Waals surface area contributed by atoms with E-state index in [0.29, 0.717) is 5.69 Å². The Kier molecular flexibility index (Phi) is 4.84. The number of aromatic nitrogens is 1. The van der Waals surface area contributed by atoms with Gasteiger partial charge in [-0.05, 0) is 61.9 Å². The molecule has 0 radical (unpaired) electrons. The van der Waals surface area contributed by atoms with Crippen molar-refractivity contribution in [3.63, 3.8) is 0 Å². The first-order valence-electron chi connectivity index (χ1n) is 8.63. The van der Waals surface area contributed by atoms with Gasteiger partial charge in [-0.15, -0.1) is 0 Å². The molecule has 4 heteroatoms. The number of aryl methyl sites for hydroxylation is 1. The van der Waals surface area contributed by atoms with Gasteiger partial charge in [0.25, 0.3) is 5.91 Å². The summed E-state index contributed by atoms with van der Waals surface area (Å²) in [6, 6.07) is 9.81. The Morgan fingerprint density at radius 2 is 1.96 bits per heavy atom. The fourth-order valence-electron chi connectivity index (χ4n) is 3.08. The Labute approximate surface area is 143 Å². The van der Waals surface area contributed by atoms with Gasteiger partial charge in [0.2, 0.25) is 0 Å². The van der Waals surface area contributed by atoms with E-state index in [4.69, 9.17) is 0 Å². The summed E-state index contributed by atoms with van der Waals surface area (Å²) in [4.78, 5) is 19.2. The Morgan fingerprint density at radius 1 is 1.21 bits per heavy atom. The minimum atomic E-state index is -0.157. The molecular weight excluding hydrogens is 298 g/mol. The van der Waals surface area contributed by atoms with E-state index >= 15 is 0 Å². The van der Waals surface area contributed by atoms with Crippen molar-refractivity contribution in [2.75, 3.05) is 23.3 Å². The van der Waals surface area contributed by atoms with Crippen LogP contribution in [0.1, 0.15) is 41.4 Å². The number of nitrogens with one attached hydrogen (secondary N) is 1. The van der Waals surface area contributed by atoms with E-state index in [9.17, 15) is 4.79 Å². The zero-order chi connectivity index (χ0) is 17.1. The van der Waals surface area contributed by atoms with Crippen molar-refractivity contribution in [3.8, 4) is 0 Å². The van der Waals surface area contributed by atoms with Crippen LogP contribution in [0.25, 0.3) is 0 Å². The summed E-state index contributed by atoms with van der Waals surface area (Å²) in [7, 11) is 0. The van der Waals surface area contributed by atoms with Crippen LogP contribution in [0.4, 0.5) is 11.4 Å². The van der Waals surface area contributed by atoms with Gasteiger partial charge in [0.05, 0.1) is 0 Å². The molecule has 0 unspecified atom stereocenters. The second-order valence-corrected chi connectivity index (χ2v) is 6.77. The van der Waals surface area contributed by atoms with Crippen molar-refractivity contribution < 1.29 is 4.79 Å². The zero-order valence-corrected chi connectivity index (χ0v) is 14.7. The highest BCUT2D eigenvalue weighted by molar-refractivity contribution is 6.03. The molecule has 2 heterocycles. The third-order valence-electron chi connectivity index (χ3n) is 4.98. The van der Waals surface area contributed by atoms with Crippen molar-refractivity contribution in [1.29, 1.82) is 0 Å². The molecule has 1 aliphatic rings. The number of hydrogen-bond donors (Lipinski definition) is 1. The molecule has 1 aromatic heterocycles. The van der Waals surface area contributed by atoms with Crippen LogP contribution in [0.3, 0.4) is 0 Å². The van der Waals surface area contributed by atoms with Crippen molar-refractivity contribution in [2.45, 2.75) is 33.6 Å². The van der Waals surface area contributed by atoms with E-state index < -0.39 is 0 Å². The van der Waals surface area contributed by atoms with E-state index in [1.54, 1.807) is 6.20 Å². The van der Waals surface area contributed by atoms with Crippen LogP contribution in [0.15, 0.2) is 36.5 Å². The molecule has 1 saturated heterocycles. The third kappa shape index (κ3) is 3.58. The summed E-state index contributed by atoms with van der Waals surface area (Å²) in [5, 5.41) is 2.98. The lowest BCUT2D eigenvalue weighted by Crippen LogP contribution is -2.33. The molecule has 0 atom stereocenters. The maximum absolute atomic E-state index is 12.6. The topological polar surface area (TPSA) is 45.2 Å². The minimum Gasteiger partial charge on any atom is -0.371 e. The number of anilines is 2. The molecule has 0 spiro atoms. The number of pyridine rings is 1. The van der Waals surface area contributed by atoms with Crippen molar-refractivity contribution in [2.24, 2.45) is 5.92 Å². The molecule has 0 saturated carbocycles. The second-order valence-electron chi connectivity index (χ2n) is 6.77. The van der Waals surface area contributed by atoms with Crippen LogP contribution in [0.2, 0.25) is 0 Å². The quantitative estimate of drug-likeness (QED) is 0.921. The summed E-state index contributed by atoms with van der Waals surface area (Å²) < 4.78 is 0. The molecule has 1 aliphatic heterocycles. The summed E-state index contributed by atoms with van der Waals surface area (Å²) >= 11 is 0. The van der Waals surface area contributed by atoms with Gasteiger partial charge in [-0.25, -0.2) is 0 Å². The monoisotopic (exact) mass is 323 g/mol. The molecule has 1 fully saturated rings. The normalized spacial score (nSPS) is 15.4. The summed E-state index contributed by atoms with van der Waals surface area (Å²) in [5.41, 5.74) is 4.65. The van der Waals surface area contributed by atoms with Crippen LogP contribution in [0.5, 0.6) is 0 Å². The molecule has 3 rings (SSSR count). The number of carbonyl (C=O) groups excluding carboxylic acids is 1. The number of nitrogens with zero attached hydrogens (tertiary/aromatic N) is 2. The van der Waals surface area contributed by atoms with Crippen LogP contribution in [0, 0.1) is 19.8 Å². The van der Waals surface area contributed by atoms with Gasteiger partial charge in [-0.2, -0.15) is 0 Å². The predicted molar refractivity (Wildman–Crippen MR) is 98.7 cm³/mol. The van der Waals surface area contributed by atoms with Crippen LogP contribution in [-0.4, -0.2) is 24.0 Å². The van der Waals surface area contributed by atoms with Crippen LogP contribution >= 0.6 is 0 Å². The largest absolute Gasteiger partial charge is 0.371 e. The van der Waals surface area contributed by atoms with Gasteiger partial charge in [-0.1, -0.05) is 19.1 Å². The molecule has 24 heavy (non-hydrogen) atoms. The molecule has 1 N–H and O–H groups in total. The molecule has 4 nitrogen and oxygen atoms in total. The van der Waals surface area contributed by atoms with Gasteiger partial charge in [0.15, 0.2) is 0 Å². The van der Waals surface area contributed by atoms with E-state index in [1.807, 2.05) is 44.2 Å². The second kappa shape index (κ2) is 7.04. The van der Waals surface area contributed by atoms with Gasteiger partial charge >= 0.3 is 0 Å². The highest BCUT2D eigenvalue weighted by Gasteiger charge is 2.18. The lowest BCUT2D eigenvalue weighted by molar-refractivity contribution is 0.102. The Bertz CT molecular complexity index is 733. The van der Waals surface area contributed by atoms with E-state index in [1.165, 1.54) is 12.8 Å². The molecular formula is C20H25N3O. The fraction of sp³-hybridized carbons (Fsp3) is 0.400. The van der Waals surface area contributed by atoms with Crippen molar-refractivity contribution in [3.05, 3.63) is 53.3 Å². The number of piperidine rings is 1. The molecule has 126 valence electrons. The average molecular weight is 323 g/mol. The first-order valence-corrected chi connectivity index (χ1v) is 8.63. The number of hydrogen-bond acceptors (Lipinski definition) is 3. The van der Waals surface area contributed by atoms with Gasteiger partial charge in [-0.3, -0.25) is 9.78 Å². The van der Waals surface area contributed by atoms with E-state index in [-0.39, 0.29) is 5.91 Å².